The fourth-order valence-corrected chi connectivity index (χ4v) is 2.82. The van der Waals surface area contributed by atoms with Crippen LogP contribution in [0.4, 0.5) is 0 Å². The Balaban J connectivity index is 1.86. The predicted molar refractivity (Wildman–Crippen MR) is 65.7 cm³/mol. The van der Waals surface area contributed by atoms with Gasteiger partial charge in [-0.25, -0.2) is 4.79 Å². The van der Waals surface area contributed by atoms with Gasteiger partial charge in [0.25, 0.3) is 0 Å². The lowest BCUT2D eigenvalue weighted by molar-refractivity contribution is -0.162. The van der Waals surface area contributed by atoms with Gasteiger partial charge in [-0.15, -0.1) is 0 Å². The van der Waals surface area contributed by atoms with Crippen molar-refractivity contribution in [3.05, 3.63) is 0 Å². The number of hydrogen-bond donors (Lipinski definition) is 0. The third-order valence-electron chi connectivity index (χ3n) is 4.13. The maximum atomic E-state index is 11.7. The van der Waals surface area contributed by atoms with E-state index in [1.165, 1.54) is 26.4 Å². The van der Waals surface area contributed by atoms with Crippen LogP contribution >= 0.6 is 0 Å². The zero-order chi connectivity index (χ0) is 12.3. The average molecular weight is 240 g/mol. The molecule has 0 amide bonds. The van der Waals surface area contributed by atoms with Gasteiger partial charge in [-0.2, -0.15) is 0 Å². The van der Waals surface area contributed by atoms with E-state index in [0.29, 0.717) is 5.92 Å². The Bertz CT molecular complexity index is 260. The third-order valence-corrected chi connectivity index (χ3v) is 4.13. The lowest BCUT2D eigenvalue weighted by Crippen LogP contribution is -2.34. The largest absolute Gasteiger partial charge is 0.467 e. The van der Waals surface area contributed by atoms with Crippen LogP contribution in [0.15, 0.2) is 0 Å². The molecule has 2 rings (SSSR count). The molecular weight excluding hydrogens is 216 g/mol. The first-order chi connectivity index (χ1) is 8.24. The average Bonchev–Trinajstić information content (AvgIpc) is 3.19. The van der Waals surface area contributed by atoms with Crippen molar-refractivity contribution >= 4 is 5.97 Å². The smallest absolute Gasteiger partial charge is 0.335 e. The van der Waals surface area contributed by atoms with E-state index in [-0.39, 0.29) is 18.2 Å². The zero-order valence-corrected chi connectivity index (χ0v) is 11.0. The fraction of sp³-hybridized carbons (Fsp3) is 0.929. The van der Waals surface area contributed by atoms with Gasteiger partial charge in [0.05, 0.1) is 13.2 Å². The first-order valence-electron chi connectivity index (χ1n) is 6.97. The molecule has 0 N–H and O–H groups in total. The molecule has 0 spiro atoms. The van der Waals surface area contributed by atoms with Gasteiger partial charge < -0.3 is 9.47 Å². The quantitative estimate of drug-likeness (QED) is 0.693. The lowest BCUT2D eigenvalue weighted by atomic mass is 9.85. The van der Waals surface area contributed by atoms with E-state index in [9.17, 15) is 4.79 Å². The van der Waals surface area contributed by atoms with Crippen LogP contribution < -0.4 is 0 Å². The van der Waals surface area contributed by atoms with Crippen molar-refractivity contribution in [1.29, 1.82) is 0 Å². The van der Waals surface area contributed by atoms with Crippen molar-refractivity contribution in [2.45, 2.75) is 64.1 Å². The molecule has 3 atom stereocenters. The molecule has 0 bridgehead atoms. The summed E-state index contributed by atoms with van der Waals surface area (Å²) in [5.41, 5.74) is 0. The van der Waals surface area contributed by atoms with E-state index in [4.69, 9.17) is 9.47 Å². The van der Waals surface area contributed by atoms with Gasteiger partial charge in [-0.1, -0.05) is 26.2 Å². The van der Waals surface area contributed by atoms with Crippen LogP contribution in [0.1, 0.15) is 51.9 Å². The number of carbonyl (C=O) groups is 1. The number of esters is 1. The molecule has 0 radical (unpaired) electrons. The number of methoxy groups -OCH3 is 1. The highest BCUT2D eigenvalue weighted by Gasteiger charge is 2.40. The first kappa shape index (κ1) is 12.9. The topological polar surface area (TPSA) is 35.5 Å². The molecule has 0 aromatic rings. The summed E-state index contributed by atoms with van der Waals surface area (Å²) in [6.45, 7) is 2.24. The third kappa shape index (κ3) is 3.44. The summed E-state index contributed by atoms with van der Waals surface area (Å²) >= 11 is 0. The molecule has 0 aromatic heterocycles. The van der Waals surface area contributed by atoms with Crippen molar-refractivity contribution in [1.82, 2.24) is 0 Å². The maximum Gasteiger partial charge on any atom is 0.335 e. The van der Waals surface area contributed by atoms with Crippen LogP contribution in [0.2, 0.25) is 0 Å². The van der Waals surface area contributed by atoms with Crippen LogP contribution in [0, 0.1) is 11.8 Å². The second kappa shape index (κ2) is 5.85. The van der Waals surface area contributed by atoms with Crippen LogP contribution in [0.25, 0.3) is 0 Å². The maximum absolute atomic E-state index is 11.7. The molecule has 3 unspecified atom stereocenters. The van der Waals surface area contributed by atoms with Gasteiger partial charge in [-0.05, 0) is 37.5 Å². The molecule has 2 fully saturated rings. The second-order valence-corrected chi connectivity index (χ2v) is 5.48. The summed E-state index contributed by atoms with van der Waals surface area (Å²) in [5, 5.41) is 0. The Morgan fingerprint density at radius 3 is 2.65 bits per heavy atom. The zero-order valence-electron chi connectivity index (χ0n) is 11.0. The second-order valence-electron chi connectivity index (χ2n) is 5.48. The van der Waals surface area contributed by atoms with E-state index in [1.54, 1.807) is 0 Å². The Hall–Kier alpha value is -0.570. The van der Waals surface area contributed by atoms with Gasteiger partial charge in [0.1, 0.15) is 0 Å². The normalized spacial score (nSPS) is 30.9. The number of hydrogen-bond acceptors (Lipinski definition) is 3. The molecule has 2 saturated carbocycles. The molecule has 0 aliphatic heterocycles. The molecule has 2 aliphatic carbocycles. The van der Waals surface area contributed by atoms with Crippen LogP contribution in [-0.2, 0) is 14.3 Å². The SMILES string of the molecule is CCC1CCCC(OC(C(=O)OC)C2CC2)C1. The summed E-state index contributed by atoms with van der Waals surface area (Å²) < 4.78 is 10.9. The predicted octanol–water partition coefficient (Wildman–Crippen LogP) is 2.92. The van der Waals surface area contributed by atoms with Gasteiger partial charge in [-0.3, -0.25) is 0 Å². The van der Waals surface area contributed by atoms with Crippen LogP contribution in [-0.4, -0.2) is 25.3 Å². The molecule has 3 nitrogen and oxygen atoms in total. The van der Waals surface area contributed by atoms with Crippen LogP contribution in [0.5, 0.6) is 0 Å². The number of rotatable bonds is 5. The monoisotopic (exact) mass is 240 g/mol. The van der Waals surface area contributed by atoms with E-state index in [2.05, 4.69) is 6.92 Å². The summed E-state index contributed by atoms with van der Waals surface area (Å²) in [6.07, 6.45) is 8.23. The lowest BCUT2D eigenvalue weighted by Gasteiger charge is -2.30. The molecule has 0 heterocycles. The van der Waals surface area contributed by atoms with E-state index in [1.807, 2.05) is 0 Å². The van der Waals surface area contributed by atoms with Gasteiger partial charge >= 0.3 is 5.97 Å². The molecule has 3 heteroatoms. The number of ether oxygens (including phenoxy) is 2. The van der Waals surface area contributed by atoms with Gasteiger partial charge in [0, 0.05) is 0 Å². The Labute approximate surface area is 104 Å². The Morgan fingerprint density at radius 2 is 2.06 bits per heavy atom. The van der Waals surface area contributed by atoms with Gasteiger partial charge in [0.2, 0.25) is 0 Å². The molecule has 17 heavy (non-hydrogen) atoms. The molecule has 0 aromatic carbocycles. The number of carbonyl (C=O) groups excluding carboxylic acids is 1. The summed E-state index contributed by atoms with van der Waals surface area (Å²) in [5.74, 6) is 1.03. The van der Waals surface area contributed by atoms with E-state index >= 15 is 0 Å². The fourth-order valence-electron chi connectivity index (χ4n) is 2.82. The molecule has 0 saturated heterocycles. The first-order valence-corrected chi connectivity index (χ1v) is 6.97. The van der Waals surface area contributed by atoms with E-state index in [0.717, 1.165) is 31.6 Å². The highest BCUT2D eigenvalue weighted by atomic mass is 16.6. The minimum absolute atomic E-state index is 0.175. The van der Waals surface area contributed by atoms with Crippen molar-refractivity contribution < 1.29 is 14.3 Å². The van der Waals surface area contributed by atoms with Crippen LogP contribution in [0.3, 0.4) is 0 Å². The van der Waals surface area contributed by atoms with Gasteiger partial charge in [0.15, 0.2) is 6.10 Å². The minimum atomic E-state index is -0.291. The summed E-state index contributed by atoms with van der Waals surface area (Å²) in [6, 6.07) is 0. The Morgan fingerprint density at radius 1 is 1.29 bits per heavy atom. The molecular formula is C14H24O3. The minimum Gasteiger partial charge on any atom is -0.467 e. The standard InChI is InChI=1S/C14H24O3/c1-3-10-5-4-6-12(9-10)17-13(11-7-8-11)14(15)16-2/h10-13H,3-9H2,1-2H3. The highest BCUT2D eigenvalue weighted by Crippen LogP contribution is 2.37. The van der Waals surface area contributed by atoms with Crippen molar-refractivity contribution in [2.24, 2.45) is 11.8 Å². The van der Waals surface area contributed by atoms with E-state index < -0.39 is 0 Å². The van der Waals surface area contributed by atoms with Crippen molar-refractivity contribution in [2.75, 3.05) is 7.11 Å². The highest BCUT2D eigenvalue weighted by molar-refractivity contribution is 5.75. The Kier molecular flexibility index (Phi) is 4.43. The summed E-state index contributed by atoms with van der Waals surface area (Å²) in [4.78, 5) is 11.7. The van der Waals surface area contributed by atoms with Crippen molar-refractivity contribution in [3.8, 4) is 0 Å². The molecule has 98 valence electrons. The summed E-state index contributed by atoms with van der Waals surface area (Å²) in [7, 11) is 1.46. The molecule has 2 aliphatic rings. The van der Waals surface area contributed by atoms with Crippen molar-refractivity contribution in [3.63, 3.8) is 0 Å².